The van der Waals surface area contributed by atoms with Crippen LogP contribution < -0.4 is 4.72 Å². The predicted molar refractivity (Wildman–Crippen MR) is 125 cm³/mol. The number of anilines is 1. The van der Waals surface area contributed by atoms with Gasteiger partial charge in [-0.25, -0.2) is 0 Å². The molecule has 1 aromatic heterocycles. The molecular weight excluding hydrogens is 458 g/mol. The number of carbonyl (C=O) groups is 1. The summed E-state index contributed by atoms with van der Waals surface area (Å²) < 4.78 is 35.8. The molecule has 31 heavy (non-hydrogen) atoms. The van der Waals surface area contributed by atoms with Gasteiger partial charge in [0.2, 0.25) is 0 Å². The molecule has 0 saturated heterocycles. The van der Waals surface area contributed by atoms with Crippen LogP contribution in [0.25, 0.3) is 10.9 Å². The number of nitrogens with zero attached hydrogens (tertiary/aromatic N) is 2. The number of esters is 1. The first kappa shape index (κ1) is 23.5. The van der Waals surface area contributed by atoms with E-state index in [9.17, 15) is 13.2 Å². The minimum atomic E-state index is -3.72. The Kier molecular flexibility index (Phi) is 7.20. The lowest BCUT2D eigenvalue weighted by Crippen LogP contribution is -2.29. The van der Waals surface area contributed by atoms with Gasteiger partial charge in [-0.15, -0.1) is 0 Å². The standard InChI is InChI=1S/C21H24ClN3O4S2/c1-5-29-19(26)13-25-14(2)21(30-16-11-9-15(22)10-12-16)20-17(7-6-8-18(20)25)23-31(27,28)24(3)4/h6-12,23H,5,13H2,1-4H3. The maximum absolute atomic E-state index is 12.5. The van der Waals surface area contributed by atoms with E-state index in [-0.39, 0.29) is 19.1 Å². The zero-order valence-corrected chi connectivity index (χ0v) is 20.1. The summed E-state index contributed by atoms with van der Waals surface area (Å²) in [6.45, 7) is 3.98. The van der Waals surface area contributed by atoms with Crippen LogP contribution in [0.1, 0.15) is 12.6 Å². The van der Waals surface area contributed by atoms with E-state index < -0.39 is 10.2 Å². The average molecular weight is 482 g/mol. The maximum atomic E-state index is 12.5. The summed E-state index contributed by atoms with van der Waals surface area (Å²) in [5.74, 6) is -0.357. The maximum Gasteiger partial charge on any atom is 0.325 e. The van der Waals surface area contributed by atoms with Gasteiger partial charge in [-0.2, -0.15) is 12.7 Å². The Morgan fingerprint density at radius 2 is 1.87 bits per heavy atom. The third kappa shape index (κ3) is 5.17. The van der Waals surface area contributed by atoms with Crippen LogP contribution in [0.3, 0.4) is 0 Å². The topological polar surface area (TPSA) is 80.6 Å². The molecule has 0 saturated carbocycles. The van der Waals surface area contributed by atoms with Crippen LogP contribution in [0, 0.1) is 6.92 Å². The molecule has 0 radical (unpaired) electrons. The third-order valence-corrected chi connectivity index (χ3v) is 7.54. The molecule has 166 valence electrons. The van der Waals surface area contributed by atoms with E-state index in [1.54, 1.807) is 31.2 Å². The molecule has 0 fully saturated rings. The number of ether oxygens (including phenoxy) is 1. The number of rotatable bonds is 8. The van der Waals surface area contributed by atoms with Crippen LogP contribution in [-0.2, 0) is 26.3 Å². The van der Waals surface area contributed by atoms with Gasteiger partial charge in [0.05, 0.1) is 17.8 Å². The Balaban J connectivity index is 2.19. The minimum Gasteiger partial charge on any atom is -0.465 e. The van der Waals surface area contributed by atoms with Crippen molar-refractivity contribution in [3.63, 3.8) is 0 Å². The number of hydrogen-bond acceptors (Lipinski definition) is 5. The first-order valence-corrected chi connectivity index (χ1v) is 12.2. The van der Waals surface area contributed by atoms with E-state index in [1.807, 2.05) is 29.7 Å². The van der Waals surface area contributed by atoms with Gasteiger partial charge in [0.25, 0.3) is 0 Å². The number of nitrogens with one attached hydrogen (secondary N) is 1. The molecule has 3 rings (SSSR count). The second-order valence-corrected chi connectivity index (χ2v) is 10.4. The number of hydrogen-bond donors (Lipinski definition) is 1. The van der Waals surface area contributed by atoms with E-state index in [2.05, 4.69) is 4.72 Å². The van der Waals surface area contributed by atoms with Crippen molar-refractivity contribution >= 4 is 56.1 Å². The van der Waals surface area contributed by atoms with Gasteiger partial charge >= 0.3 is 16.2 Å². The molecule has 1 N–H and O–H groups in total. The summed E-state index contributed by atoms with van der Waals surface area (Å²) in [6, 6.07) is 12.7. The van der Waals surface area contributed by atoms with E-state index in [1.165, 1.54) is 25.9 Å². The second-order valence-electron chi connectivity index (χ2n) is 6.95. The average Bonchev–Trinajstić information content (AvgIpc) is 2.96. The fraction of sp³-hybridized carbons (Fsp3) is 0.286. The largest absolute Gasteiger partial charge is 0.465 e. The van der Waals surface area contributed by atoms with Crippen LogP contribution in [0.5, 0.6) is 0 Å². The molecule has 0 unspecified atom stereocenters. The van der Waals surface area contributed by atoms with Crippen molar-refractivity contribution in [1.82, 2.24) is 8.87 Å². The summed E-state index contributed by atoms with van der Waals surface area (Å²) in [5.41, 5.74) is 2.01. The lowest BCUT2D eigenvalue weighted by Gasteiger charge is -2.15. The van der Waals surface area contributed by atoms with E-state index in [0.717, 1.165) is 30.7 Å². The van der Waals surface area contributed by atoms with Gasteiger partial charge in [0, 0.05) is 40.0 Å². The van der Waals surface area contributed by atoms with Gasteiger partial charge in [-0.05, 0) is 50.2 Å². The Bertz CT molecular complexity index is 1210. The third-order valence-electron chi connectivity index (χ3n) is 4.64. The number of carbonyl (C=O) groups excluding carboxylic acids is 1. The highest BCUT2D eigenvalue weighted by Crippen LogP contribution is 2.42. The van der Waals surface area contributed by atoms with Gasteiger partial charge in [-0.1, -0.05) is 29.4 Å². The zero-order chi connectivity index (χ0) is 22.8. The fourth-order valence-electron chi connectivity index (χ4n) is 3.09. The SMILES string of the molecule is CCOC(=O)Cn1c(C)c(Sc2ccc(Cl)cc2)c2c(NS(=O)(=O)N(C)C)cccc21. The van der Waals surface area contributed by atoms with Gasteiger partial charge in [-0.3, -0.25) is 9.52 Å². The van der Waals surface area contributed by atoms with Crippen LogP contribution in [0.4, 0.5) is 5.69 Å². The Morgan fingerprint density at radius 3 is 2.48 bits per heavy atom. The summed E-state index contributed by atoms with van der Waals surface area (Å²) >= 11 is 7.50. The molecule has 10 heteroatoms. The highest BCUT2D eigenvalue weighted by atomic mass is 35.5. The predicted octanol–water partition coefficient (Wildman–Crippen LogP) is 4.54. The first-order valence-electron chi connectivity index (χ1n) is 9.55. The number of fused-ring (bicyclic) bond motifs is 1. The van der Waals surface area contributed by atoms with Crippen molar-refractivity contribution in [2.24, 2.45) is 0 Å². The second kappa shape index (κ2) is 9.52. The van der Waals surface area contributed by atoms with E-state index >= 15 is 0 Å². The Hall–Kier alpha value is -2.20. The normalized spacial score (nSPS) is 11.8. The van der Waals surface area contributed by atoms with E-state index in [4.69, 9.17) is 16.3 Å². The van der Waals surface area contributed by atoms with Crippen LogP contribution in [-0.4, -0.2) is 44.0 Å². The van der Waals surface area contributed by atoms with Gasteiger partial charge in [0.1, 0.15) is 6.54 Å². The Morgan fingerprint density at radius 1 is 1.19 bits per heavy atom. The number of benzene rings is 2. The van der Waals surface area contributed by atoms with Gasteiger partial charge < -0.3 is 9.30 Å². The smallest absolute Gasteiger partial charge is 0.325 e. The van der Waals surface area contributed by atoms with E-state index in [0.29, 0.717) is 10.7 Å². The molecule has 3 aromatic rings. The van der Waals surface area contributed by atoms with Crippen molar-refractivity contribution in [1.29, 1.82) is 0 Å². The molecule has 7 nitrogen and oxygen atoms in total. The first-order chi connectivity index (χ1) is 14.6. The highest BCUT2D eigenvalue weighted by molar-refractivity contribution is 7.99. The van der Waals surface area contributed by atoms with Crippen molar-refractivity contribution in [2.75, 3.05) is 25.4 Å². The Labute approximate surface area is 191 Å². The molecule has 0 bridgehead atoms. The lowest BCUT2D eigenvalue weighted by molar-refractivity contribution is -0.143. The van der Waals surface area contributed by atoms with Crippen LogP contribution in [0.15, 0.2) is 52.3 Å². The summed E-state index contributed by atoms with van der Waals surface area (Å²) in [4.78, 5) is 14.0. The van der Waals surface area contributed by atoms with Crippen molar-refractivity contribution in [3.8, 4) is 0 Å². The monoisotopic (exact) mass is 481 g/mol. The molecule has 2 aromatic carbocycles. The molecule has 1 heterocycles. The lowest BCUT2D eigenvalue weighted by atomic mass is 10.2. The molecule has 0 spiro atoms. The molecular formula is C21H24ClN3O4S2. The zero-order valence-electron chi connectivity index (χ0n) is 17.7. The van der Waals surface area contributed by atoms with Gasteiger partial charge in [0.15, 0.2) is 0 Å². The molecule has 0 aliphatic carbocycles. The molecule has 0 aliphatic rings. The molecule has 0 atom stereocenters. The fourth-order valence-corrected chi connectivity index (χ4v) is 4.93. The summed E-state index contributed by atoms with van der Waals surface area (Å²) in [7, 11) is -0.795. The number of halogens is 1. The minimum absolute atomic E-state index is 0.0290. The van der Waals surface area contributed by atoms with Crippen molar-refractivity contribution < 1.29 is 17.9 Å². The number of aromatic nitrogens is 1. The summed E-state index contributed by atoms with van der Waals surface area (Å²) in [5, 5.41) is 1.35. The van der Waals surface area contributed by atoms with Crippen molar-refractivity contribution in [2.45, 2.75) is 30.2 Å². The molecule has 0 amide bonds. The van der Waals surface area contributed by atoms with Crippen LogP contribution >= 0.6 is 23.4 Å². The quantitative estimate of drug-likeness (QED) is 0.478. The van der Waals surface area contributed by atoms with Crippen LogP contribution in [0.2, 0.25) is 5.02 Å². The van der Waals surface area contributed by atoms with Crippen molar-refractivity contribution in [3.05, 3.63) is 53.2 Å². The molecule has 0 aliphatic heterocycles. The highest BCUT2D eigenvalue weighted by Gasteiger charge is 2.22. The summed E-state index contributed by atoms with van der Waals surface area (Å²) in [6.07, 6.45) is 0.